The van der Waals surface area contributed by atoms with Gasteiger partial charge in [-0.05, 0) is 55.7 Å². The van der Waals surface area contributed by atoms with Gasteiger partial charge in [-0.2, -0.15) is 13.2 Å². The second-order valence-corrected chi connectivity index (χ2v) is 8.57. The maximum atomic E-state index is 13.3. The topological polar surface area (TPSA) is 41.6 Å². The fourth-order valence-corrected chi connectivity index (χ4v) is 4.94. The van der Waals surface area contributed by atoms with Crippen molar-refractivity contribution >= 4 is 11.5 Å². The summed E-state index contributed by atoms with van der Waals surface area (Å²) in [7, 11) is 0. The first-order chi connectivity index (χ1) is 14.4. The minimum absolute atomic E-state index is 0.0137. The highest BCUT2D eigenvalue weighted by Crippen LogP contribution is 2.37. The zero-order valence-electron chi connectivity index (χ0n) is 17.1. The smallest absolute Gasteiger partial charge is 0.381 e. The maximum Gasteiger partial charge on any atom is 0.416 e. The van der Waals surface area contributed by atoms with Crippen LogP contribution < -0.4 is 5.32 Å². The number of carbonyl (C=O) groups excluding carboxylic acids is 1. The summed E-state index contributed by atoms with van der Waals surface area (Å²) in [6, 6.07) is 6.54. The van der Waals surface area contributed by atoms with E-state index in [1.807, 2.05) is 0 Å². The van der Waals surface area contributed by atoms with E-state index in [9.17, 15) is 18.0 Å². The van der Waals surface area contributed by atoms with Crippen LogP contribution >= 0.6 is 0 Å². The highest BCUT2D eigenvalue weighted by Gasteiger charge is 2.36. The summed E-state index contributed by atoms with van der Waals surface area (Å²) in [5, 5.41) is 3.69. The molecule has 2 heterocycles. The number of amides is 1. The van der Waals surface area contributed by atoms with Crippen LogP contribution in [0.25, 0.3) is 5.57 Å². The van der Waals surface area contributed by atoms with E-state index in [0.29, 0.717) is 37.2 Å². The van der Waals surface area contributed by atoms with Gasteiger partial charge in [0.2, 0.25) is 5.91 Å². The minimum Gasteiger partial charge on any atom is -0.381 e. The molecule has 0 radical (unpaired) electrons. The van der Waals surface area contributed by atoms with Gasteiger partial charge in [-0.3, -0.25) is 4.79 Å². The molecule has 7 heteroatoms. The Morgan fingerprint density at radius 3 is 2.53 bits per heavy atom. The molecule has 4 rings (SSSR count). The van der Waals surface area contributed by atoms with E-state index in [2.05, 4.69) is 5.32 Å². The number of carbonyl (C=O) groups is 1. The molecule has 1 aromatic carbocycles. The second kappa shape index (κ2) is 9.10. The Hall–Kier alpha value is -1.86. The van der Waals surface area contributed by atoms with E-state index in [1.165, 1.54) is 12.1 Å². The average molecular weight is 422 g/mol. The Morgan fingerprint density at radius 2 is 1.83 bits per heavy atom. The molecule has 1 aromatic rings. The van der Waals surface area contributed by atoms with Gasteiger partial charge in [-0.1, -0.05) is 24.3 Å². The Labute approximate surface area is 175 Å². The fraction of sp³-hybridized carbons (Fsp3) is 0.609. The summed E-state index contributed by atoms with van der Waals surface area (Å²) in [6.07, 6.45) is 2.64. The predicted molar refractivity (Wildman–Crippen MR) is 109 cm³/mol. The molecule has 164 valence electrons. The summed E-state index contributed by atoms with van der Waals surface area (Å²) in [5.74, 6) is 0.158. The predicted octanol–water partition coefficient (Wildman–Crippen LogP) is 4.26. The first kappa shape index (κ1) is 21.4. The quantitative estimate of drug-likeness (QED) is 0.789. The molecule has 2 fully saturated rings. The largest absolute Gasteiger partial charge is 0.416 e. The molecule has 0 spiro atoms. The van der Waals surface area contributed by atoms with E-state index < -0.39 is 11.7 Å². The molecule has 2 aliphatic heterocycles. The first-order valence-corrected chi connectivity index (χ1v) is 10.9. The van der Waals surface area contributed by atoms with Crippen LogP contribution in [0.15, 0.2) is 30.3 Å². The highest BCUT2D eigenvalue weighted by atomic mass is 19.4. The lowest BCUT2D eigenvalue weighted by molar-refractivity contribution is -0.138. The number of hydrogen-bond donors (Lipinski definition) is 1. The monoisotopic (exact) mass is 422 g/mol. The van der Waals surface area contributed by atoms with Crippen molar-refractivity contribution in [2.75, 3.05) is 26.3 Å². The fourth-order valence-electron chi connectivity index (χ4n) is 4.94. The number of rotatable bonds is 4. The van der Waals surface area contributed by atoms with E-state index >= 15 is 0 Å². The van der Waals surface area contributed by atoms with Crippen LogP contribution in [0.1, 0.15) is 49.7 Å². The molecule has 1 saturated carbocycles. The van der Waals surface area contributed by atoms with Gasteiger partial charge >= 0.3 is 6.18 Å². The molecule has 30 heavy (non-hydrogen) atoms. The summed E-state index contributed by atoms with van der Waals surface area (Å²) >= 11 is 0. The van der Waals surface area contributed by atoms with Crippen LogP contribution in [0.2, 0.25) is 0 Å². The molecule has 0 aromatic heterocycles. The number of alkyl halides is 3. The average Bonchev–Trinajstić information content (AvgIpc) is 3.22. The van der Waals surface area contributed by atoms with Crippen LogP contribution in [-0.2, 0) is 15.7 Å². The molecule has 3 aliphatic rings. The summed E-state index contributed by atoms with van der Waals surface area (Å²) < 4.78 is 45.3. The third-order valence-corrected chi connectivity index (χ3v) is 6.57. The lowest BCUT2D eigenvalue weighted by atomic mass is 9.94. The van der Waals surface area contributed by atoms with Crippen molar-refractivity contribution in [3.8, 4) is 0 Å². The van der Waals surface area contributed by atoms with Crippen LogP contribution in [0.3, 0.4) is 0 Å². The molecular weight excluding hydrogens is 393 g/mol. The molecule has 4 nitrogen and oxygen atoms in total. The van der Waals surface area contributed by atoms with Crippen molar-refractivity contribution < 1.29 is 22.7 Å². The first-order valence-electron chi connectivity index (χ1n) is 10.9. The number of nitrogens with one attached hydrogen (secondary N) is 1. The Kier molecular flexibility index (Phi) is 6.48. The summed E-state index contributed by atoms with van der Waals surface area (Å²) in [6.45, 7) is 2.46. The standard InChI is InChI=1S/C23H29F3N2O2/c24-23(25,26)21-4-2-1-3-20(21)16-7-11-28(12-8-16)22(29)17-5-6-19(15-17)27-18-9-13-30-14-10-18/h1-4,7,17-19,27H,5-6,8-15H2/t17?,19-/m1/s1. The molecule has 1 aliphatic carbocycles. The van der Waals surface area contributed by atoms with Crippen molar-refractivity contribution in [1.29, 1.82) is 0 Å². The normalized spacial score (nSPS) is 26.0. The maximum absolute atomic E-state index is 13.3. The van der Waals surface area contributed by atoms with Crippen LogP contribution in [-0.4, -0.2) is 49.2 Å². The number of halogens is 3. The van der Waals surface area contributed by atoms with E-state index in [4.69, 9.17) is 4.74 Å². The number of benzene rings is 1. The number of nitrogens with zero attached hydrogens (tertiary/aromatic N) is 1. The third kappa shape index (κ3) is 4.89. The lowest BCUT2D eigenvalue weighted by Gasteiger charge is -2.30. The van der Waals surface area contributed by atoms with E-state index in [-0.39, 0.29) is 17.4 Å². The molecule has 1 amide bonds. The van der Waals surface area contributed by atoms with Gasteiger partial charge in [0.05, 0.1) is 5.56 Å². The van der Waals surface area contributed by atoms with Crippen LogP contribution in [0.5, 0.6) is 0 Å². The summed E-state index contributed by atoms with van der Waals surface area (Å²) in [4.78, 5) is 14.8. The van der Waals surface area contributed by atoms with Crippen LogP contribution in [0.4, 0.5) is 13.2 Å². The molecule has 1 N–H and O–H groups in total. The zero-order chi connectivity index (χ0) is 21.1. The van der Waals surface area contributed by atoms with Gasteiger partial charge in [-0.25, -0.2) is 0 Å². The van der Waals surface area contributed by atoms with Gasteiger partial charge < -0.3 is 15.0 Å². The van der Waals surface area contributed by atoms with Crippen molar-refractivity contribution in [2.24, 2.45) is 5.92 Å². The molecular formula is C23H29F3N2O2. The Bertz CT molecular complexity index is 787. The molecule has 0 bridgehead atoms. The lowest BCUT2D eigenvalue weighted by Crippen LogP contribution is -2.42. The van der Waals surface area contributed by atoms with Gasteiger partial charge in [0.25, 0.3) is 0 Å². The van der Waals surface area contributed by atoms with Crippen LogP contribution in [0, 0.1) is 5.92 Å². The number of ether oxygens (including phenoxy) is 1. The second-order valence-electron chi connectivity index (χ2n) is 8.57. The SMILES string of the molecule is O=C(C1CC[C@@H](NC2CCOCC2)C1)N1CC=C(c2ccccc2C(F)(F)F)CC1. The van der Waals surface area contributed by atoms with Gasteiger partial charge in [0.1, 0.15) is 0 Å². The van der Waals surface area contributed by atoms with E-state index in [0.717, 1.165) is 51.4 Å². The van der Waals surface area contributed by atoms with Gasteiger partial charge in [0, 0.05) is 44.3 Å². The molecule has 1 saturated heterocycles. The zero-order valence-corrected chi connectivity index (χ0v) is 17.1. The minimum atomic E-state index is -4.37. The Morgan fingerprint density at radius 1 is 1.07 bits per heavy atom. The van der Waals surface area contributed by atoms with Gasteiger partial charge in [0.15, 0.2) is 0 Å². The van der Waals surface area contributed by atoms with Crippen molar-refractivity contribution in [1.82, 2.24) is 10.2 Å². The highest BCUT2D eigenvalue weighted by molar-refractivity contribution is 5.81. The van der Waals surface area contributed by atoms with Crippen molar-refractivity contribution in [3.05, 3.63) is 41.5 Å². The molecule has 1 unspecified atom stereocenters. The number of hydrogen-bond acceptors (Lipinski definition) is 3. The van der Waals surface area contributed by atoms with Crippen molar-refractivity contribution in [2.45, 2.75) is 56.8 Å². The molecule has 2 atom stereocenters. The van der Waals surface area contributed by atoms with Gasteiger partial charge in [-0.15, -0.1) is 0 Å². The third-order valence-electron chi connectivity index (χ3n) is 6.57. The summed E-state index contributed by atoms with van der Waals surface area (Å²) in [5.41, 5.74) is 0.310. The van der Waals surface area contributed by atoms with E-state index in [1.54, 1.807) is 17.0 Å². The Balaban J connectivity index is 1.34. The van der Waals surface area contributed by atoms with Crippen molar-refractivity contribution in [3.63, 3.8) is 0 Å².